The van der Waals surface area contributed by atoms with E-state index in [1.807, 2.05) is 35.2 Å². The number of amides is 2. The highest BCUT2D eigenvalue weighted by Gasteiger charge is 2.25. The molecule has 1 fully saturated rings. The van der Waals surface area contributed by atoms with Gasteiger partial charge in [-0.05, 0) is 43.0 Å². The molecule has 7 heteroatoms. The molecule has 0 atom stereocenters. The molecule has 2 heterocycles. The summed E-state index contributed by atoms with van der Waals surface area (Å²) in [5.41, 5.74) is 2.39. The second-order valence-electron chi connectivity index (χ2n) is 7.78. The number of benzene rings is 2. The van der Waals surface area contributed by atoms with Crippen molar-refractivity contribution in [3.63, 3.8) is 0 Å². The molecule has 0 radical (unpaired) electrons. The highest BCUT2D eigenvalue weighted by molar-refractivity contribution is 6.03. The minimum absolute atomic E-state index is 0.124. The molecular formula is C24H25FN4O2. The molecule has 0 spiro atoms. The Bertz CT molecular complexity index is 1040. The first kappa shape index (κ1) is 20.8. The van der Waals surface area contributed by atoms with E-state index in [1.165, 1.54) is 17.7 Å². The standard InChI is InChI=1S/C24H25FN4O2/c25-19-8-4-5-9-20(19)26-24(31)22-16-21(27-28-22)18-12-14-29(15-13-18)23(30)11-10-17-6-2-1-3-7-17/h1-9,16,18H,10-15H2,(H,26,31)(H,27,28). The number of para-hydroxylation sites is 1. The predicted molar refractivity (Wildman–Crippen MR) is 116 cm³/mol. The van der Waals surface area contributed by atoms with Crippen molar-refractivity contribution in [3.05, 3.63) is 83.4 Å². The van der Waals surface area contributed by atoms with Gasteiger partial charge < -0.3 is 10.2 Å². The summed E-state index contributed by atoms with van der Waals surface area (Å²) in [4.78, 5) is 26.8. The maximum atomic E-state index is 13.7. The molecule has 1 saturated heterocycles. The van der Waals surface area contributed by atoms with E-state index in [-0.39, 0.29) is 23.2 Å². The number of anilines is 1. The molecule has 2 aromatic carbocycles. The molecule has 6 nitrogen and oxygen atoms in total. The summed E-state index contributed by atoms with van der Waals surface area (Å²) in [5.74, 6) is -0.561. The lowest BCUT2D eigenvalue weighted by molar-refractivity contribution is -0.132. The monoisotopic (exact) mass is 420 g/mol. The van der Waals surface area contributed by atoms with Gasteiger partial charge in [-0.2, -0.15) is 5.10 Å². The van der Waals surface area contributed by atoms with Gasteiger partial charge in [0.15, 0.2) is 5.69 Å². The highest BCUT2D eigenvalue weighted by Crippen LogP contribution is 2.27. The molecule has 160 valence electrons. The summed E-state index contributed by atoms with van der Waals surface area (Å²) < 4.78 is 13.7. The molecule has 2 amide bonds. The molecule has 1 aliphatic heterocycles. The summed E-state index contributed by atoms with van der Waals surface area (Å²) >= 11 is 0. The summed E-state index contributed by atoms with van der Waals surface area (Å²) in [6.45, 7) is 1.38. The Balaban J connectivity index is 1.28. The second-order valence-corrected chi connectivity index (χ2v) is 7.78. The number of aryl methyl sites for hydroxylation is 1. The van der Waals surface area contributed by atoms with E-state index in [4.69, 9.17) is 0 Å². The number of rotatable bonds is 6. The Morgan fingerprint density at radius 1 is 1.06 bits per heavy atom. The third kappa shape index (κ3) is 5.17. The van der Waals surface area contributed by atoms with Crippen LogP contribution in [0.5, 0.6) is 0 Å². The molecule has 4 rings (SSSR count). The van der Waals surface area contributed by atoms with Crippen LogP contribution < -0.4 is 5.32 Å². The molecule has 0 saturated carbocycles. The molecule has 0 bridgehead atoms. The third-order valence-corrected chi connectivity index (χ3v) is 5.71. The number of likely N-dealkylation sites (tertiary alicyclic amines) is 1. The molecule has 0 unspecified atom stereocenters. The molecule has 0 aliphatic carbocycles. The number of hydrogen-bond donors (Lipinski definition) is 2. The predicted octanol–water partition coefficient (Wildman–Crippen LogP) is 4.14. The van der Waals surface area contributed by atoms with Crippen LogP contribution in [0.1, 0.15) is 46.9 Å². The van der Waals surface area contributed by atoms with E-state index in [9.17, 15) is 14.0 Å². The third-order valence-electron chi connectivity index (χ3n) is 5.71. The molecule has 1 aliphatic rings. The maximum absolute atomic E-state index is 13.7. The van der Waals surface area contributed by atoms with Crippen LogP contribution in [-0.2, 0) is 11.2 Å². The van der Waals surface area contributed by atoms with Crippen LogP contribution in [0.15, 0.2) is 60.7 Å². The van der Waals surface area contributed by atoms with E-state index in [0.717, 1.165) is 25.0 Å². The van der Waals surface area contributed by atoms with Gasteiger partial charge in [0, 0.05) is 31.1 Å². The summed E-state index contributed by atoms with van der Waals surface area (Å²) in [5, 5.41) is 9.58. The number of halogens is 1. The van der Waals surface area contributed by atoms with Gasteiger partial charge >= 0.3 is 0 Å². The number of carbonyl (C=O) groups is 2. The average molecular weight is 420 g/mol. The number of aromatic amines is 1. The fourth-order valence-electron chi connectivity index (χ4n) is 3.90. The molecule has 1 aromatic heterocycles. The van der Waals surface area contributed by atoms with Gasteiger partial charge in [0.05, 0.1) is 5.69 Å². The number of piperidine rings is 1. The van der Waals surface area contributed by atoms with Crippen molar-refractivity contribution in [2.75, 3.05) is 18.4 Å². The Kier molecular flexibility index (Phi) is 6.40. The van der Waals surface area contributed by atoms with Gasteiger partial charge in [0.2, 0.25) is 5.91 Å². The lowest BCUT2D eigenvalue weighted by atomic mass is 9.93. The van der Waals surface area contributed by atoms with E-state index in [0.29, 0.717) is 19.5 Å². The zero-order valence-electron chi connectivity index (χ0n) is 17.2. The van der Waals surface area contributed by atoms with Crippen LogP contribution in [0, 0.1) is 5.82 Å². The highest BCUT2D eigenvalue weighted by atomic mass is 19.1. The van der Waals surface area contributed by atoms with Crippen LogP contribution in [0.25, 0.3) is 0 Å². The van der Waals surface area contributed by atoms with Crippen LogP contribution >= 0.6 is 0 Å². The molecular weight excluding hydrogens is 395 g/mol. The number of carbonyl (C=O) groups excluding carboxylic acids is 2. The largest absolute Gasteiger partial charge is 0.343 e. The number of nitrogens with zero attached hydrogens (tertiary/aromatic N) is 2. The van der Waals surface area contributed by atoms with Crippen LogP contribution in [0.3, 0.4) is 0 Å². The van der Waals surface area contributed by atoms with Crippen molar-refractivity contribution in [1.29, 1.82) is 0 Å². The number of hydrogen-bond acceptors (Lipinski definition) is 3. The van der Waals surface area contributed by atoms with Crippen molar-refractivity contribution in [1.82, 2.24) is 15.1 Å². The normalized spacial score (nSPS) is 14.4. The zero-order valence-corrected chi connectivity index (χ0v) is 17.2. The Labute approximate surface area is 180 Å². The van der Waals surface area contributed by atoms with Gasteiger partial charge in [0.25, 0.3) is 5.91 Å². The fourth-order valence-corrected chi connectivity index (χ4v) is 3.90. The van der Waals surface area contributed by atoms with Crippen molar-refractivity contribution in [2.24, 2.45) is 0 Å². The fraction of sp³-hybridized carbons (Fsp3) is 0.292. The van der Waals surface area contributed by atoms with Gasteiger partial charge in [-0.25, -0.2) is 4.39 Å². The number of H-pyrrole nitrogens is 1. The van der Waals surface area contributed by atoms with Crippen LogP contribution in [-0.4, -0.2) is 40.0 Å². The first-order valence-corrected chi connectivity index (χ1v) is 10.5. The van der Waals surface area contributed by atoms with E-state index in [1.54, 1.807) is 18.2 Å². The topological polar surface area (TPSA) is 78.1 Å². The minimum atomic E-state index is -0.490. The molecule has 31 heavy (non-hydrogen) atoms. The van der Waals surface area contributed by atoms with Gasteiger partial charge in [-0.1, -0.05) is 42.5 Å². The summed E-state index contributed by atoms with van der Waals surface area (Å²) in [6.07, 6.45) is 2.89. The van der Waals surface area contributed by atoms with E-state index >= 15 is 0 Å². The van der Waals surface area contributed by atoms with Crippen molar-refractivity contribution < 1.29 is 14.0 Å². The SMILES string of the molecule is O=C(Nc1ccccc1F)c1cc(C2CCN(C(=O)CCc3ccccc3)CC2)[nH]n1. The number of aromatic nitrogens is 2. The smallest absolute Gasteiger partial charge is 0.276 e. The van der Waals surface area contributed by atoms with Crippen LogP contribution in [0.2, 0.25) is 0 Å². The maximum Gasteiger partial charge on any atom is 0.276 e. The van der Waals surface area contributed by atoms with Crippen molar-refractivity contribution >= 4 is 17.5 Å². The minimum Gasteiger partial charge on any atom is -0.343 e. The Morgan fingerprint density at radius 3 is 2.52 bits per heavy atom. The second kappa shape index (κ2) is 9.55. The molecule has 2 N–H and O–H groups in total. The lowest BCUT2D eigenvalue weighted by Gasteiger charge is -2.31. The van der Waals surface area contributed by atoms with Crippen LogP contribution in [0.4, 0.5) is 10.1 Å². The quantitative estimate of drug-likeness (QED) is 0.629. The lowest BCUT2D eigenvalue weighted by Crippen LogP contribution is -2.38. The van der Waals surface area contributed by atoms with Gasteiger partial charge in [-0.15, -0.1) is 0 Å². The van der Waals surface area contributed by atoms with Gasteiger partial charge in [-0.3, -0.25) is 14.7 Å². The van der Waals surface area contributed by atoms with Gasteiger partial charge in [0.1, 0.15) is 5.82 Å². The van der Waals surface area contributed by atoms with E-state index < -0.39 is 11.7 Å². The Morgan fingerprint density at radius 2 is 1.77 bits per heavy atom. The first-order valence-electron chi connectivity index (χ1n) is 10.5. The summed E-state index contributed by atoms with van der Waals surface area (Å²) in [7, 11) is 0. The first-order chi connectivity index (χ1) is 15.1. The van der Waals surface area contributed by atoms with E-state index in [2.05, 4.69) is 15.5 Å². The Hall–Kier alpha value is -3.48. The van der Waals surface area contributed by atoms with Crippen molar-refractivity contribution in [2.45, 2.75) is 31.6 Å². The number of nitrogens with one attached hydrogen (secondary N) is 2. The summed E-state index contributed by atoms with van der Waals surface area (Å²) in [6, 6.07) is 17.8. The zero-order chi connectivity index (χ0) is 21.6. The average Bonchev–Trinajstić information content (AvgIpc) is 3.30. The van der Waals surface area contributed by atoms with Crippen molar-refractivity contribution in [3.8, 4) is 0 Å². The molecule has 3 aromatic rings.